The highest BCUT2D eigenvalue weighted by molar-refractivity contribution is 9.10. The fraction of sp³-hybridized carbons (Fsp3) is 0.500. The SMILES string of the molecule is COc1ccc(CC2(F)CC(N)C2)cc1Br. The van der Waals surface area contributed by atoms with Crippen LogP contribution in [0.15, 0.2) is 22.7 Å². The molecule has 1 aliphatic rings. The number of hydrogen-bond acceptors (Lipinski definition) is 2. The molecule has 88 valence electrons. The molecule has 0 aliphatic heterocycles. The third-order valence-electron chi connectivity index (χ3n) is 2.99. The predicted molar refractivity (Wildman–Crippen MR) is 65.4 cm³/mol. The van der Waals surface area contributed by atoms with Gasteiger partial charge in [0.1, 0.15) is 11.4 Å². The first kappa shape index (κ1) is 11.9. The van der Waals surface area contributed by atoms with Crippen LogP contribution in [0.3, 0.4) is 0 Å². The molecule has 1 aliphatic carbocycles. The maximum Gasteiger partial charge on any atom is 0.133 e. The van der Waals surface area contributed by atoms with Crippen molar-refractivity contribution >= 4 is 15.9 Å². The molecule has 2 nitrogen and oxygen atoms in total. The van der Waals surface area contributed by atoms with Crippen molar-refractivity contribution in [2.75, 3.05) is 7.11 Å². The molecule has 2 N–H and O–H groups in total. The molecule has 1 aromatic rings. The molecule has 0 bridgehead atoms. The van der Waals surface area contributed by atoms with Gasteiger partial charge in [0, 0.05) is 12.5 Å². The van der Waals surface area contributed by atoms with E-state index in [2.05, 4.69) is 15.9 Å². The van der Waals surface area contributed by atoms with Crippen LogP contribution in [0.25, 0.3) is 0 Å². The summed E-state index contributed by atoms with van der Waals surface area (Å²) in [4.78, 5) is 0. The van der Waals surface area contributed by atoms with Crippen molar-refractivity contribution in [3.05, 3.63) is 28.2 Å². The minimum absolute atomic E-state index is 0.0340. The Morgan fingerprint density at radius 3 is 2.75 bits per heavy atom. The Morgan fingerprint density at radius 1 is 1.56 bits per heavy atom. The zero-order valence-corrected chi connectivity index (χ0v) is 10.8. The molecule has 0 amide bonds. The second-order valence-corrected chi connectivity index (χ2v) is 5.32. The van der Waals surface area contributed by atoms with Crippen LogP contribution in [0.2, 0.25) is 0 Å². The van der Waals surface area contributed by atoms with Gasteiger partial charge < -0.3 is 10.5 Å². The van der Waals surface area contributed by atoms with E-state index in [1.54, 1.807) is 7.11 Å². The summed E-state index contributed by atoms with van der Waals surface area (Å²) in [5.41, 5.74) is 5.48. The monoisotopic (exact) mass is 287 g/mol. The van der Waals surface area contributed by atoms with Crippen LogP contribution in [0.1, 0.15) is 18.4 Å². The van der Waals surface area contributed by atoms with Gasteiger partial charge in [0.25, 0.3) is 0 Å². The number of alkyl halides is 1. The second kappa shape index (κ2) is 4.34. The minimum atomic E-state index is -1.10. The lowest BCUT2D eigenvalue weighted by molar-refractivity contribution is 0.0444. The van der Waals surface area contributed by atoms with Crippen LogP contribution in [0, 0.1) is 0 Å². The number of methoxy groups -OCH3 is 1. The molecular formula is C12H15BrFNO. The molecule has 0 radical (unpaired) electrons. The lowest BCUT2D eigenvalue weighted by Crippen LogP contribution is -2.49. The van der Waals surface area contributed by atoms with E-state index in [9.17, 15) is 4.39 Å². The zero-order valence-electron chi connectivity index (χ0n) is 9.17. The van der Waals surface area contributed by atoms with Gasteiger partial charge in [0.05, 0.1) is 11.6 Å². The van der Waals surface area contributed by atoms with Crippen molar-refractivity contribution in [1.82, 2.24) is 0 Å². The van der Waals surface area contributed by atoms with Gasteiger partial charge in [-0.1, -0.05) is 6.07 Å². The van der Waals surface area contributed by atoms with Crippen molar-refractivity contribution in [2.45, 2.75) is 31.0 Å². The maximum atomic E-state index is 14.0. The van der Waals surface area contributed by atoms with Crippen LogP contribution in [0.5, 0.6) is 5.75 Å². The van der Waals surface area contributed by atoms with Gasteiger partial charge >= 0.3 is 0 Å². The Morgan fingerprint density at radius 2 is 2.25 bits per heavy atom. The Hall–Kier alpha value is -0.610. The van der Waals surface area contributed by atoms with Gasteiger partial charge in [0.15, 0.2) is 0 Å². The van der Waals surface area contributed by atoms with Gasteiger partial charge in [0.2, 0.25) is 0 Å². The molecule has 16 heavy (non-hydrogen) atoms. The Labute approximate surface area is 103 Å². The smallest absolute Gasteiger partial charge is 0.133 e. The highest BCUT2D eigenvalue weighted by Gasteiger charge is 2.42. The van der Waals surface area contributed by atoms with Gasteiger partial charge in [-0.25, -0.2) is 4.39 Å². The number of hydrogen-bond donors (Lipinski definition) is 1. The summed E-state index contributed by atoms with van der Waals surface area (Å²) in [5, 5.41) is 0. The zero-order chi connectivity index (χ0) is 11.8. The van der Waals surface area contributed by atoms with E-state index < -0.39 is 5.67 Å². The minimum Gasteiger partial charge on any atom is -0.496 e. The summed E-state index contributed by atoms with van der Waals surface area (Å²) in [6.45, 7) is 0. The number of ether oxygens (including phenoxy) is 1. The fourth-order valence-corrected chi connectivity index (χ4v) is 2.80. The first-order valence-electron chi connectivity index (χ1n) is 5.29. The number of rotatable bonds is 3. The van der Waals surface area contributed by atoms with Gasteiger partial charge in [-0.2, -0.15) is 0 Å². The Balaban J connectivity index is 2.08. The Kier molecular flexibility index (Phi) is 3.22. The maximum absolute atomic E-state index is 14.0. The summed E-state index contributed by atoms with van der Waals surface area (Å²) < 4.78 is 20.0. The first-order valence-corrected chi connectivity index (χ1v) is 6.09. The largest absolute Gasteiger partial charge is 0.496 e. The van der Waals surface area contributed by atoms with Gasteiger partial charge in [-0.05, 0) is 46.5 Å². The van der Waals surface area contributed by atoms with Crippen molar-refractivity contribution in [2.24, 2.45) is 5.73 Å². The summed E-state index contributed by atoms with van der Waals surface area (Å²) in [7, 11) is 1.61. The molecule has 0 aromatic heterocycles. The lowest BCUT2D eigenvalue weighted by atomic mass is 9.74. The molecule has 0 spiro atoms. The third-order valence-corrected chi connectivity index (χ3v) is 3.61. The summed E-state index contributed by atoms with van der Waals surface area (Å²) in [6.07, 6.45) is 1.37. The van der Waals surface area contributed by atoms with Crippen LogP contribution >= 0.6 is 15.9 Å². The second-order valence-electron chi connectivity index (χ2n) is 4.46. The van der Waals surface area contributed by atoms with E-state index in [0.717, 1.165) is 15.8 Å². The molecule has 1 aromatic carbocycles. The number of benzene rings is 1. The Bertz CT molecular complexity index is 391. The van der Waals surface area contributed by atoms with E-state index in [0.29, 0.717) is 19.3 Å². The van der Waals surface area contributed by atoms with Crippen molar-refractivity contribution in [1.29, 1.82) is 0 Å². The van der Waals surface area contributed by atoms with Crippen LogP contribution in [0.4, 0.5) is 4.39 Å². The molecule has 0 saturated heterocycles. The van der Waals surface area contributed by atoms with E-state index >= 15 is 0 Å². The standard InChI is InChI=1S/C12H15BrFNO/c1-16-11-3-2-8(4-10(11)13)5-12(14)6-9(15)7-12/h2-4,9H,5-7,15H2,1H3. The van der Waals surface area contributed by atoms with Gasteiger partial charge in [-0.3, -0.25) is 0 Å². The highest BCUT2D eigenvalue weighted by Crippen LogP contribution is 2.39. The molecule has 1 fully saturated rings. The van der Waals surface area contributed by atoms with Crippen molar-refractivity contribution in [3.8, 4) is 5.75 Å². The first-order chi connectivity index (χ1) is 7.52. The topological polar surface area (TPSA) is 35.2 Å². The lowest BCUT2D eigenvalue weighted by Gasteiger charge is -2.39. The molecule has 4 heteroatoms. The molecule has 0 atom stereocenters. The molecule has 1 saturated carbocycles. The molecular weight excluding hydrogens is 273 g/mol. The highest BCUT2D eigenvalue weighted by atomic mass is 79.9. The molecule has 2 rings (SSSR count). The molecule has 0 unspecified atom stereocenters. The third kappa shape index (κ3) is 2.38. The van der Waals surface area contributed by atoms with E-state index in [1.165, 1.54) is 0 Å². The van der Waals surface area contributed by atoms with Crippen LogP contribution < -0.4 is 10.5 Å². The fourth-order valence-electron chi connectivity index (χ4n) is 2.21. The summed E-state index contributed by atoms with van der Waals surface area (Å²) in [6, 6.07) is 5.69. The van der Waals surface area contributed by atoms with E-state index in [-0.39, 0.29) is 6.04 Å². The van der Waals surface area contributed by atoms with Gasteiger partial charge in [-0.15, -0.1) is 0 Å². The summed E-state index contributed by atoms with van der Waals surface area (Å²) in [5.74, 6) is 0.766. The average molecular weight is 288 g/mol. The predicted octanol–water partition coefficient (Wildman–Crippen LogP) is 2.83. The van der Waals surface area contributed by atoms with Crippen LogP contribution in [-0.4, -0.2) is 18.8 Å². The average Bonchev–Trinajstić information content (AvgIpc) is 2.15. The number of halogens is 2. The van der Waals surface area contributed by atoms with E-state index in [1.807, 2.05) is 18.2 Å². The molecule has 0 heterocycles. The number of nitrogens with two attached hydrogens (primary N) is 1. The van der Waals surface area contributed by atoms with E-state index in [4.69, 9.17) is 10.5 Å². The van der Waals surface area contributed by atoms with Crippen LogP contribution in [-0.2, 0) is 6.42 Å². The van der Waals surface area contributed by atoms with Crippen molar-refractivity contribution < 1.29 is 9.13 Å². The quantitative estimate of drug-likeness (QED) is 0.928. The van der Waals surface area contributed by atoms with Crippen molar-refractivity contribution in [3.63, 3.8) is 0 Å². The summed E-state index contributed by atoms with van der Waals surface area (Å²) >= 11 is 3.39. The normalized spacial score (nSPS) is 28.6.